The highest BCUT2D eigenvalue weighted by molar-refractivity contribution is 5.93. The third-order valence-electron chi connectivity index (χ3n) is 3.85. The number of nitrogens with one attached hydrogen (secondary N) is 1. The van der Waals surface area contributed by atoms with E-state index in [1.807, 2.05) is 0 Å². The zero-order valence-electron chi connectivity index (χ0n) is 13.7. The topological polar surface area (TPSA) is 110 Å². The quantitative estimate of drug-likeness (QED) is 0.524. The predicted octanol–water partition coefficient (Wildman–Crippen LogP) is 0.688. The molecule has 8 heteroatoms. The predicted molar refractivity (Wildman–Crippen MR) is 90.5 cm³/mol. The van der Waals surface area contributed by atoms with Crippen LogP contribution in [0.5, 0.6) is 0 Å². The van der Waals surface area contributed by atoms with E-state index in [0.29, 0.717) is 17.7 Å². The molecule has 0 unspecified atom stereocenters. The van der Waals surface area contributed by atoms with Crippen LogP contribution in [0, 0.1) is 5.41 Å². The van der Waals surface area contributed by atoms with Crippen LogP contribution in [0.4, 0.5) is 0 Å². The molecule has 8 nitrogen and oxygen atoms in total. The summed E-state index contributed by atoms with van der Waals surface area (Å²) in [4.78, 5) is 29.5. The van der Waals surface area contributed by atoms with E-state index in [0.717, 1.165) is 0 Å². The van der Waals surface area contributed by atoms with Gasteiger partial charge in [0.05, 0.1) is 12.0 Å². The third kappa shape index (κ3) is 2.91. The van der Waals surface area contributed by atoms with Crippen LogP contribution in [-0.2, 0) is 11.3 Å². The van der Waals surface area contributed by atoms with Gasteiger partial charge in [0.15, 0.2) is 0 Å². The molecule has 130 valence electrons. The Morgan fingerprint density at radius 3 is 2.92 bits per heavy atom. The van der Waals surface area contributed by atoms with Crippen molar-refractivity contribution in [1.82, 2.24) is 14.0 Å². The minimum absolute atomic E-state index is 0.00192. The van der Waals surface area contributed by atoms with E-state index in [9.17, 15) is 9.59 Å². The zero-order valence-corrected chi connectivity index (χ0v) is 13.7. The van der Waals surface area contributed by atoms with Gasteiger partial charge < -0.3 is 14.4 Å². The number of esters is 1. The Labute approximate surface area is 142 Å². The van der Waals surface area contributed by atoms with Crippen LogP contribution in [0.3, 0.4) is 0 Å². The number of carbonyl (C=O) groups is 1. The summed E-state index contributed by atoms with van der Waals surface area (Å²) in [5.74, 6) is -0.662. The third-order valence-corrected chi connectivity index (χ3v) is 3.85. The second-order valence-corrected chi connectivity index (χ2v) is 5.44. The fourth-order valence-corrected chi connectivity index (χ4v) is 2.70. The van der Waals surface area contributed by atoms with Gasteiger partial charge in [-0.15, -0.1) is 0 Å². The van der Waals surface area contributed by atoms with Crippen molar-refractivity contribution < 1.29 is 14.6 Å². The van der Waals surface area contributed by atoms with Crippen molar-refractivity contribution >= 4 is 22.6 Å². The summed E-state index contributed by atoms with van der Waals surface area (Å²) in [6.07, 6.45) is 1.97. The molecule has 0 saturated heterocycles. The molecule has 3 heterocycles. The van der Waals surface area contributed by atoms with Gasteiger partial charge in [-0.3, -0.25) is 14.6 Å². The van der Waals surface area contributed by atoms with Gasteiger partial charge in [-0.2, -0.15) is 0 Å². The second-order valence-electron chi connectivity index (χ2n) is 5.44. The summed E-state index contributed by atoms with van der Waals surface area (Å²) in [6.45, 7) is 2.02. The molecule has 25 heavy (non-hydrogen) atoms. The minimum atomic E-state index is -0.662. The standard InChI is InChI=1S/C17H18N4O4/c1-2-25-17(24)11-10-12-15(21(14(11)18)8-5-9-22)19-13-6-3-4-7-20(13)16(12)23/h3-4,6-7,10,18,22H,2,5,8-9H2,1H3. The molecule has 0 saturated carbocycles. The average Bonchev–Trinajstić information content (AvgIpc) is 2.61. The highest BCUT2D eigenvalue weighted by atomic mass is 16.5. The van der Waals surface area contributed by atoms with Crippen molar-refractivity contribution in [2.75, 3.05) is 13.2 Å². The second kappa shape index (κ2) is 6.86. The normalized spacial score (nSPS) is 11.1. The average molecular weight is 342 g/mol. The molecule has 0 aliphatic rings. The van der Waals surface area contributed by atoms with Crippen LogP contribution < -0.4 is 11.0 Å². The molecule has 0 spiro atoms. The Morgan fingerprint density at radius 2 is 2.20 bits per heavy atom. The molecule has 0 aromatic carbocycles. The van der Waals surface area contributed by atoms with E-state index in [1.165, 1.54) is 15.0 Å². The first-order valence-corrected chi connectivity index (χ1v) is 7.96. The molecule has 0 aliphatic carbocycles. The van der Waals surface area contributed by atoms with E-state index in [-0.39, 0.29) is 41.8 Å². The molecule has 0 amide bonds. The molecule has 0 bridgehead atoms. The van der Waals surface area contributed by atoms with Crippen molar-refractivity contribution in [1.29, 1.82) is 5.41 Å². The maximum Gasteiger partial charge on any atom is 0.341 e. The van der Waals surface area contributed by atoms with E-state index < -0.39 is 5.97 Å². The Bertz CT molecular complexity index is 1070. The first-order chi connectivity index (χ1) is 12.1. The fraction of sp³-hybridized carbons (Fsp3) is 0.294. The molecule has 3 aromatic heterocycles. The number of aryl methyl sites for hydroxylation is 1. The van der Waals surface area contributed by atoms with Crippen LogP contribution in [0.2, 0.25) is 0 Å². The maximum atomic E-state index is 12.8. The molecule has 0 atom stereocenters. The lowest BCUT2D eigenvalue weighted by Gasteiger charge is -2.13. The highest BCUT2D eigenvalue weighted by Crippen LogP contribution is 2.11. The summed E-state index contributed by atoms with van der Waals surface area (Å²) in [5, 5.41) is 17.7. The largest absolute Gasteiger partial charge is 0.462 e. The number of aliphatic hydroxyl groups is 1. The van der Waals surface area contributed by atoms with E-state index >= 15 is 0 Å². The Kier molecular flexibility index (Phi) is 4.62. The maximum absolute atomic E-state index is 12.8. The number of nitrogens with zero attached hydrogens (tertiary/aromatic N) is 3. The van der Waals surface area contributed by atoms with Crippen LogP contribution in [0.1, 0.15) is 23.7 Å². The summed E-state index contributed by atoms with van der Waals surface area (Å²) < 4.78 is 7.84. The van der Waals surface area contributed by atoms with Gasteiger partial charge in [-0.1, -0.05) is 6.07 Å². The molecular weight excluding hydrogens is 324 g/mol. The molecule has 3 aromatic rings. The van der Waals surface area contributed by atoms with E-state index in [2.05, 4.69) is 4.98 Å². The van der Waals surface area contributed by atoms with Gasteiger partial charge >= 0.3 is 5.97 Å². The fourth-order valence-electron chi connectivity index (χ4n) is 2.70. The van der Waals surface area contributed by atoms with Crippen molar-refractivity contribution in [2.45, 2.75) is 19.9 Å². The summed E-state index contributed by atoms with van der Waals surface area (Å²) in [5.41, 5.74) is 0.335. The lowest BCUT2D eigenvalue weighted by atomic mass is 10.2. The summed E-state index contributed by atoms with van der Waals surface area (Å²) >= 11 is 0. The van der Waals surface area contributed by atoms with Crippen LogP contribution in [0.25, 0.3) is 16.7 Å². The summed E-state index contributed by atoms with van der Waals surface area (Å²) in [6, 6.07) is 6.53. The minimum Gasteiger partial charge on any atom is -0.462 e. The number of carbonyl (C=O) groups excluding carboxylic acids is 1. The van der Waals surface area contributed by atoms with Crippen LogP contribution in [-0.4, -0.2) is 38.2 Å². The van der Waals surface area contributed by atoms with Gasteiger partial charge in [0, 0.05) is 19.3 Å². The van der Waals surface area contributed by atoms with Crippen molar-refractivity contribution in [2.24, 2.45) is 0 Å². The number of aliphatic hydroxyl groups excluding tert-OH is 1. The molecule has 0 fully saturated rings. The Hall–Kier alpha value is -3.00. The van der Waals surface area contributed by atoms with E-state index in [1.54, 1.807) is 31.3 Å². The Balaban J connectivity index is 2.41. The smallest absolute Gasteiger partial charge is 0.341 e. The highest BCUT2D eigenvalue weighted by Gasteiger charge is 2.17. The number of fused-ring (bicyclic) bond motifs is 2. The Morgan fingerprint density at radius 1 is 1.40 bits per heavy atom. The van der Waals surface area contributed by atoms with Crippen molar-refractivity contribution in [3.63, 3.8) is 0 Å². The van der Waals surface area contributed by atoms with Gasteiger partial charge in [0.1, 0.15) is 22.3 Å². The van der Waals surface area contributed by atoms with Crippen molar-refractivity contribution in [3.05, 3.63) is 51.9 Å². The van der Waals surface area contributed by atoms with E-state index in [4.69, 9.17) is 15.3 Å². The lowest BCUT2D eigenvalue weighted by molar-refractivity contribution is 0.0523. The monoisotopic (exact) mass is 342 g/mol. The molecular formula is C17H18N4O4. The van der Waals surface area contributed by atoms with Crippen LogP contribution in [0.15, 0.2) is 35.3 Å². The first-order valence-electron chi connectivity index (χ1n) is 7.96. The van der Waals surface area contributed by atoms with Gasteiger partial charge in [0.2, 0.25) is 0 Å². The van der Waals surface area contributed by atoms with Gasteiger partial charge in [-0.25, -0.2) is 9.78 Å². The molecule has 3 rings (SSSR count). The SMILES string of the molecule is CCOC(=O)c1cc2c(=O)n3ccccc3nc2n(CCCO)c1=N. The summed E-state index contributed by atoms with van der Waals surface area (Å²) in [7, 11) is 0. The zero-order chi connectivity index (χ0) is 18.0. The number of ether oxygens (including phenoxy) is 1. The van der Waals surface area contributed by atoms with Crippen LogP contribution >= 0.6 is 0 Å². The molecule has 0 aliphatic heterocycles. The first kappa shape index (κ1) is 16.8. The van der Waals surface area contributed by atoms with Gasteiger partial charge in [-0.05, 0) is 31.5 Å². The van der Waals surface area contributed by atoms with Gasteiger partial charge in [0.25, 0.3) is 5.56 Å². The molecule has 0 radical (unpaired) electrons. The number of aromatic nitrogens is 3. The number of rotatable bonds is 5. The van der Waals surface area contributed by atoms with Crippen molar-refractivity contribution in [3.8, 4) is 0 Å². The molecule has 2 N–H and O–H groups in total. The lowest BCUT2D eigenvalue weighted by Crippen LogP contribution is -2.31. The number of hydrogen-bond donors (Lipinski definition) is 2. The number of hydrogen-bond acceptors (Lipinski definition) is 6. The number of pyridine rings is 2.